The van der Waals surface area contributed by atoms with Gasteiger partial charge in [0.1, 0.15) is 0 Å². The van der Waals surface area contributed by atoms with E-state index < -0.39 is 0 Å². The Kier molecular flexibility index (Phi) is 25.9. The van der Waals surface area contributed by atoms with Crippen molar-refractivity contribution in [3.63, 3.8) is 0 Å². The normalized spacial score (nSPS) is 14.9. The number of rotatable bonds is 5. The fourth-order valence-electron chi connectivity index (χ4n) is 2.75. The molecule has 28 heavy (non-hydrogen) atoms. The molecule has 0 heterocycles. The van der Waals surface area contributed by atoms with Crippen molar-refractivity contribution < 1.29 is 40.6 Å². The zero-order valence-corrected chi connectivity index (χ0v) is 18.2. The predicted octanol–water partition coefficient (Wildman–Crippen LogP) is 5.02. The zero-order valence-electron chi connectivity index (χ0n) is 17.1. The van der Waals surface area contributed by atoms with Crippen LogP contribution < -0.4 is 0 Å². The third kappa shape index (κ3) is 15.2. The van der Waals surface area contributed by atoms with Gasteiger partial charge in [0, 0.05) is 23.1 Å². The molecule has 1 aliphatic carbocycles. The largest absolute Gasteiger partial charge is 0 e. The molecule has 0 radical (unpaired) electrons. The molecule has 0 unspecified atom stereocenters. The second kappa shape index (κ2) is 21.5. The van der Waals surface area contributed by atoms with E-state index in [-0.39, 0.29) is 28.5 Å². The summed E-state index contributed by atoms with van der Waals surface area (Å²) in [5, 5.41) is 0. The topological polar surface area (TPSA) is 86.0 Å². The Morgan fingerprint density at radius 2 is 1.68 bits per heavy atom. The first-order valence-electron chi connectivity index (χ1n) is 8.38. The van der Waals surface area contributed by atoms with Crippen LogP contribution in [0.25, 0.3) is 0 Å². The van der Waals surface area contributed by atoms with Gasteiger partial charge in [-0.15, -0.1) is 0 Å². The summed E-state index contributed by atoms with van der Waals surface area (Å²) in [6.45, 7) is 24.6. The number of hydrogen-bond acceptors (Lipinski definition) is 2. The summed E-state index contributed by atoms with van der Waals surface area (Å²) in [6, 6.07) is 0. The average Bonchev–Trinajstić information content (AvgIpc) is 2.66. The van der Waals surface area contributed by atoms with Crippen LogP contribution in [-0.4, -0.2) is 12.6 Å². The third-order valence-corrected chi connectivity index (χ3v) is 3.93. The molecule has 0 spiro atoms. The van der Waals surface area contributed by atoms with E-state index in [0.717, 1.165) is 5.57 Å². The molecule has 0 saturated heterocycles. The Labute approximate surface area is 179 Å². The number of hydrogen-bond donors (Lipinski definition) is 0. The van der Waals surface area contributed by atoms with Crippen LogP contribution in [0.3, 0.4) is 0 Å². The van der Waals surface area contributed by atoms with Crippen LogP contribution in [0.5, 0.6) is 0 Å². The van der Waals surface area contributed by atoms with E-state index in [1.807, 2.05) is 13.0 Å². The van der Waals surface area contributed by atoms with E-state index in [2.05, 4.69) is 52.9 Å². The molecule has 1 rings (SSSR count). The van der Waals surface area contributed by atoms with Crippen LogP contribution in [0.1, 0.15) is 53.9 Å². The van der Waals surface area contributed by atoms with Gasteiger partial charge in [0.05, 0.1) is 6.61 Å². The van der Waals surface area contributed by atoms with E-state index in [1.54, 1.807) is 13.0 Å². The van der Waals surface area contributed by atoms with E-state index >= 15 is 0 Å². The van der Waals surface area contributed by atoms with Gasteiger partial charge >= 0.3 is 39.9 Å². The summed E-state index contributed by atoms with van der Waals surface area (Å²) >= 11 is 0. The van der Waals surface area contributed by atoms with Crippen LogP contribution >= 0.6 is 0 Å². The maximum absolute atomic E-state index is 11.2. The Morgan fingerprint density at radius 1 is 1.14 bits per heavy atom. The molecule has 0 aliphatic heterocycles. The monoisotopic (exact) mass is 428 g/mol. The summed E-state index contributed by atoms with van der Waals surface area (Å²) < 4.78 is 27.3. The second-order valence-electron chi connectivity index (χ2n) is 6.29. The Bertz CT molecular complexity index is 602. The Balaban J connectivity index is -0.000000374. The van der Waals surface area contributed by atoms with Crippen molar-refractivity contribution in [1.82, 2.24) is 0 Å². The van der Waals surface area contributed by atoms with E-state index in [1.165, 1.54) is 36.5 Å². The second-order valence-corrected chi connectivity index (χ2v) is 6.29. The SMILES string of the molecule is CCOC(=O)\C=C/C=C(C)/C=C/C1=C(C)CCCC1(C)C.[C-]#[O+].[C-]#[O+].[C-]#[O+].[Fe]. The average molecular weight is 428 g/mol. The molecule has 0 amide bonds. The number of ether oxygens (including phenoxy) is 1. The quantitative estimate of drug-likeness (QED) is 0.154. The summed E-state index contributed by atoms with van der Waals surface area (Å²) in [5.41, 5.74) is 4.34. The molecule has 0 N–H and O–H groups in total. The maximum Gasteiger partial charge on any atom is 0 e. The van der Waals surface area contributed by atoms with Gasteiger partial charge in [-0.1, -0.05) is 49.3 Å². The molecule has 0 saturated carbocycles. The van der Waals surface area contributed by atoms with Crippen molar-refractivity contribution in [2.45, 2.75) is 53.9 Å². The van der Waals surface area contributed by atoms with Crippen LogP contribution in [0.4, 0.5) is 0 Å². The standard InChI is InChI=1S/C19H28O2.3CO.Fe/c1-6-21-18(20)11-7-9-15(2)12-13-17-16(3)10-8-14-19(17,4)5;3*1-2;/h7,9,11-13H,6,8,10,14H2,1-5H3;;;;/b11-7-,13-12+,15-9+;;;;. The van der Waals surface area contributed by atoms with Gasteiger partial charge in [-0.25, -0.2) is 4.79 Å². The Hall–Kier alpha value is -1.83. The molecule has 0 aromatic heterocycles. The minimum absolute atomic E-state index is 0. The fourth-order valence-corrected chi connectivity index (χ4v) is 2.75. The molecule has 0 aromatic rings. The summed E-state index contributed by atoms with van der Waals surface area (Å²) in [7, 11) is 0. The predicted molar refractivity (Wildman–Crippen MR) is 101 cm³/mol. The smallest absolute Gasteiger partial charge is 0 e. The molecule has 0 aromatic carbocycles. The molecule has 1 aliphatic rings. The summed E-state index contributed by atoms with van der Waals surface area (Å²) in [6.07, 6.45) is 13.2. The molecular formula is C22H28FeO5. The zero-order chi connectivity index (χ0) is 21.9. The van der Waals surface area contributed by atoms with Gasteiger partial charge in [-0.2, -0.15) is 0 Å². The molecular weight excluding hydrogens is 400 g/mol. The van der Waals surface area contributed by atoms with Gasteiger partial charge in [0.25, 0.3) is 0 Å². The summed E-state index contributed by atoms with van der Waals surface area (Å²) in [5.74, 6) is -0.294. The molecule has 0 fully saturated rings. The minimum Gasteiger partial charge on any atom is 0 e. The van der Waals surface area contributed by atoms with E-state index in [0.29, 0.717) is 6.61 Å². The number of esters is 1. The third-order valence-electron chi connectivity index (χ3n) is 3.93. The molecule has 0 bridgehead atoms. The van der Waals surface area contributed by atoms with Crippen LogP contribution in [0.2, 0.25) is 0 Å². The van der Waals surface area contributed by atoms with Gasteiger partial charge in [0.2, 0.25) is 0 Å². The Morgan fingerprint density at radius 3 is 2.14 bits per heavy atom. The summed E-state index contributed by atoms with van der Waals surface area (Å²) in [4.78, 5) is 11.2. The number of carbonyl (C=O) groups excluding carboxylic acids is 1. The van der Waals surface area contributed by atoms with Crippen molar-refractivity contribution in [3.8, 4) is 0 Å². The van der Waals surface area contributed by atoms with Gasteiger partial charge in [-0.05, 0) is 51.0 Å². The van der Waals surface area contributed by atoms with Crippen LogP contribution in [0, 0.1) is 25.4 Å². The number of carbonyl (C=O) groups is 1. The van der Waals surface area contributed by atoms with E-state index in [4.69, 9.17) is 18.7 Å². The molecule has 5 nitrogen and oxygen atoms in total. The van der Waals surface area contributed by atoms with Gasteiger partial charge in [0.15, 0.2) is 0 Å². The molecule has 6 heteroatoms. The van der Waals surface area contributed by atoms with Crippen molar-refractivity contribution in [2.24, 2.45) is 5.41 Å². The fraction of sp³-hybridized carbons (Fsp3) is 0.455. The first-order chi connectivity index (χ1) is 12.9. The van der Waals surface area contributed by atoms with Gasteiger partial charge < -0.3 is 4.74 Å². The van der Waals surface area contributed by atoms with Crippen molar-refractivity contribution in [1.29, 1.82) is 0 Å². The first-order valence-corrected chi connectivity index (χ1v) is 8.38. The maximum atomic E-state index is 11.2. The minimum atomic E-state index is -0.294. The van der Waals surface area contributed by atoms with Crippen LogP contribution in [0.15, 0.2) is 47.1 Å². The molecule has 0 atom stereocenters. The van der Waals surface area contributed by atoms with Gasteiger partial charge in [-0.3, -0.25) is 0 Å². The molecule has 154 valence electrons. The van der Waals surface area contributed by atoms with Crippen molar-refractivity contribution in [2.75, 3.05) is 6.61 Å². The van der Waals surface area contributed by atoms with Crippen molar-refractivity contribution >= 4 is 5.97 Å². The number of allylic oxidation sites excluding steroid dienone is 7. The van der Waals surface area contributed by atoms with Crippen LogP contribution in [-0.2, 0) is 40.6 Å². The first kappa shape index (κ1) is 33.7. The van der Waals surface area contributed by atoms with Crippen molar-refractivity contribution in [3.05, 3.63) is 67.1 Å². The van der Waals surface area contributed by atoms with E-state index in [9.17, 15) is 4.79 Å².